The molecule has 0 atom stereocenters. The van der Waals surface area contributed by atoms with Crippen molar-refractivity contribution in [1.29, 1.82) is 0 Å². The number of carboxylic acid groups (broad SMARTS) is 1. The second-order valence-electron chi connectivity index (χ2n) is 3.91. The fourth-order valence-electron chi connectivity index (χ4n) is 1.30. The summed E-state index contributed by atoms with van der Waals surface area (Å²) >= 11 is 0. The molecule has 1 heterocycles. The van der Waals surface area contributed by atoms with Crippen LogP contribution in [0.2, 0.25) is 0 Å². The fraction of sp³-hybridized carbons (Fsp3) is 0.545. The van der Waals surface area contributed by atoms with E-state index in [4.69, 9.17) is 9.84 Å². The first-order valence-electron chi connectivity index (χ1n) is 5.40. The van der Waals surface area contributed by atoms with Crippen molar-refractivity contribution in [3.8, 4) is 0 Å². The lowest BCUT2D eigenvalue weighted by Crippen LogP contribution is -2.26. The third kappa shape index (κ3) is 3.99. The van der Waals surface area contributed by atoms with Crippen molar-refractivity contribution in [1.82, 2.24) is 10.2 Å². The minimum absolute atomic E-state index is 0.145. The highest BCUT2D eigenvalue weighted by molar-refractivity contribution is 5.92. The van der Waals surface area contributed by atoms with Gasteiger partial charge in [0.1, 0.15) is 5.56 Å². The van der Waals surface area contributed by atoms with Crippen molar-refractivity contribution >= 4 is 11.8 Å². The summed E-state index contributed by atoms with van der Waals surface area (Å²) in [5.41, 5.74) is 0.145. The predicted octanol–water partition coefficient (Wildman–Crippen LogP) is 1.04. The Bertz CT molecular complexity index is 382. The number of ether oxygens (including phenoxy) is 1. The van der Waals surface area contributed by atoms with E-state index in [1.165, 1.54) is 12.3 Å². The zero-order valence-corrected chi connectivity index (χ0v) is 10.3. The molecule has 0 aromatic carbocycles. The molecule has 0 unspecified atom stereocenters. The lowest BCUT2D eigenvalue weighted by Gasteiger charge is -2.19. The van der Waals surface area contributed by atoms with Crippen molar-refractivity contribution in [2.24, 2.45) is 0 Å². The van der Waals surface area contributed by atoms with Gasteiger partial charge in [-0.3, -0.25) is 0 Å². The number of aromatic carboxylic acids is 1. The summed E-state index contributed by atoms with van der Waals surface area (Å²) in [7, 11) is 1.76. The Balaban J connectivity index is 2.68. The molecule has 1 N–H and O–H groups in total. The number of anilines is 1. The molecule has 0 saturated heterocycles. The van der Waals surface area contributed by atoms with Crippen LogP contribution in [0.25, 0.3) is 0 Å². The molecule has 1 aromatic heterocycles. The normalized spacial score (nSPS) is 10.6. The van der Waals surface area contributed by atoms with E-state index in [1.807, 2.05) is 13.8 Å². The maximum Gasteiger partial charge on any atom is 0.339 e. The van der Waals surface area contributed by atoms with E-state index in [-0.39, 0.29) is 11.7 Å². The molecular formula is C11H17N3O3. The monoisotopic (exact) mass is 239 g/mol. The largest absolute Gasteiger partial charge is 0.478 e. The number of carboxylic acids is 1. The molecule has 0 aliphatic carbocycles. The van der Waals surface area contributed by atoms with E-state index in [0.717, 1.165) is 0 Å². The fourth-order valence-corrected chi connectivity index (χ4v) is 1.30. The predicted molar refractivity (Wildman–Crippen MR) is 63.3 cm³/mol. The average Bonchev–Trinajstić information content (AvgIpc) is 2.28. The number of hydrogen-bond donors (Lipinski definition) is 1. The van der Waals surface area contributed by atoms with Crippen LogP contribution in [-0.2, 0) is 4.74 Å². The summed E-state index contributed by atoms with van der Waals surface area (Å²) in [6, 6.07) is 1.43. The quantitative estimate of drug-likeness (QED) is 0.799. The van der Waals surface area contributed by atoms with Crippen molar-refractivity contribution in [3.05, 3.63) is 17.8 Å². The molecule has 6 heteroatoms. The Morgan fingerprint density at radius 3 is 2.88 bits per heavy atom. The zero-order chi connectivity index (χ0) is 12.8. The maximum absolute atomic E-state index is 11.0. The van der Waals surface area contributed by atoms with Gasteiger partial charge >= 0.3 is 5.97 Å². The first kappa shape index (κ1) is 13.4. The second-order valence-corrected chi connectivity index (χ2v) is 3.91. The molecule has 1 aromatic rings. The van der Waals surface area contributed by atoms with Gasteiger partial charge in [-0.05, 0) is 19.9 Å². The third-order valence-electron chi connectivity index (χ3n) is 2.17. The van der Waals surface area contributed by atoms with Gasteiger partial charge in [0, 0.05) is 13.6 Å². The minimum Gasteiger partial charge on any atom is -0.478 e. The van der Waals surface area contributed by atoms with Crippen LogP contribution in [-0.4, -0.2) is 47.6 Å². The minimum atomic E-state index is -1.01. The lowest BCUT2D eigenvalue weighted by molar-refractivity contribution is 0.0695. The SMILES string of the molecule is CC(C)OCCN(C)c1nnccc1C(=O)O. The smallest absolute Gasteiger partial charge is 0.339 e. The van der Waals surface area contributed by atoms with Gasteiger partial charge in [0.15, 0.2) is 5.82 Å². The summed E-state index contributed by atoms with van der Waals surface area (Å²) < 4.78 is 5.40. The van der Waals surface area contributed by atoms with Crippen LogP contribution >= 0.6 is 0 Å². The molecule has 94 valence electrons. The van der Waals surface area contributed by atoms with E-state index in [2.05, 4.69) is 10.2 Å². The van der Waals surface area contributed by atoms with Crippen LogP contribution in [0.15, 0.2) is 12.3 Å². The van der Waals surface area contributed by atoms with Crippen LogP contribution in [0.3, 0.4) is 0 Å². The van der Waals surface area contributed by atoms with Gasteiger partial charge in [-0.15, -0.1) is 5.10 Å². The number of aromatic nitrogens is 2. The van der Waals surface area contributed by atoms with Gasteiger partial charge in [-0.1, -0.05) is 0 Å². The van der Waals surface area contributed by atoms with Gasteiger partial charge in [-0.25, -0.2) is 4.79 Å². The van der Waals surface area contributed by atoms with Crippen molar-refractivity contribution in [3.63, 3.8) is 0 Å². The number of nitrogens with zero attached hydrogens (tertiary/aromatic N) is 3. The molecular weight excluding hydrogens is 222 g/mol. The Morgan fingerprint density at radius 1 is 1.59 bits per heavy atom. The van der Waals surface area contributed by atoms with E-state index in [0.29, 0.717) is 19.0 Å². The van der Waals surface area contributed by atoms with Gasteiger partial charge in [0.2, 0.25) is 0 Å². The molecule has 6 nitrogen and oxygen atoms in total. The standard InChI is InChI=1S/C11H17N3O3/c1-8(2)17-7-6-14(3)10-9(11(15)16)4-5-12-13-10/h4-5,8H,6-7H2,1-3H3,(H,15,16). The first-order valence-corrected chi connectivity index (χ1v) is 5.40. The van der Waals surface area contributed by atoms with Crippen molar-refractivity contribution < 1.29 is 14.6 Å². The zero-order valence-electron chi connectivity index (χ0n) is 10.3. The molecule has 0 spiro atoms. The van der Waals surface area contributed by atoms with Crippen LogP contribution < -0.4 is 4.90 Å². The molecule has 0 bridgehead atoms. The topological polar surface area (TPSA) is 75.5 Å². The van der Waals surface area contributed by atoms with Crippen molar-refractivity contribution in [2.75, 3.05) is 25.1 Å². The van der Waals surface area contributed by atoms with Crippen LogP contribution in [0.1, 0.15) is 24.2 Å². The molecule has 0 radical (unpaired) electrons. The summed E-state index contributed by atoms with van der Waals surface area (Å²) in [4.78, 5) is 12.7. The van der Waals surface area contributed by atoms with Gasteiger partial charge in [0.25, 0.3) is 0 Å². The summed E-state index contributed by atoms with van der Waals surface area (Å²) in [5, 5.41) is 16.5. The molecule has 0 aliphatic rings. The average molecular weight is 239 g/mol. The molecule has 0 aliphatic heterocycles. The highest BCUT2D eigenvalue weighted by Gasteiger charge is 2.14. The highest BCUT2D eigenvalue weighted by Crippen LogP contribution is 2.14. The van der Waals surface area contributed by atoms with Crippen LogP contribution in [0.5, 0.6) is 0 Å². The van der Waals surface area contributed by atoms with Gasteiger partial charge in [0.05, 0.1) is 18.9 Å². The van der Waals surface area contributed by atoms with E-state index < -0.39 is 5.97 Å². The summed E-state index contributed by atoms with van der Waals surface area (Å²) in [5.74, 6) is -0.654. The Hall–Kier alpha value is -1.69. The third-order valence-corrected chi connectivity index (χ3v) is 2.17. The lowest BCUT2D eigenvalue weighted by atomic mass is 10.2. The Labute approximate surface area is 100 Å². The number of hydrogen-bond acceptors (Lipinski definition) is 5. The molecule has 0 saturated carbocycles. The van der Waals surface area contributed by atoms with Gasteiger partial charge in [-0.2, -0.15) is 5.10 Å². The number of likely N-dealkylation sites (N-methyl/N-ethyl adjacent to an activating group) is 1. The van der Waals surface area contributed by atoms with Gasteiger partial charge < -0.3 is 14.7 Å². The highest BCUT2D eigenvalue weighted by atomic mass is 16.5. The maximum atomic E-state index is 11.0. The molecule has 0 amide bonds. The summed E-state index contributed by atoms with van der Waals surface area (Å²) in [6.07, 6.45) is 1.52. The molecule has 0 fully saturated rings. The van der Waals surface area contributed by atoms with E-state index >= 15 is 0 Å². The first-order chi connectivity index (χ1) is 8.02. The van der Waals surface area contributed by atoms with Crippen LogP contribution in [0, 0.1) is 0 Å². The number of carbonyl (C=O) groups is 1. The number of rotatable bonds is 6. The summed E-state index contributed by atoms with van der Waals surface area (Å²) in [6.45, 7) is 4.98. The second kappa shape index (κ2) is 6.15. The van der Waals surface area contributed by atoms with Crippen LogP contribution in [0.4, 0.5) is 5.82 Å². The van der Waals surface area contributed by atoms with E-state index in [1.54, 1.807) is 11.9 Å². The van der Waals surface area contributed by atoms with Crippen molar-refractivity contribution in [2.45, 2.75) is 20.0 Å². The molecule has 1 rings (SSSR count). The molecule has 17 heavy (non-hydrogen) atoms. The Kier molecular flexibility index (Phi) is 4.84. The Morgan fingerprint density at radius 2 is 2.29 bits per heavy atom. The van der Waals surface area contributed by atoms with E-state index in [9.17, 15) is 4.79 Å².